The van der Waals surface area contributed by atoms with E-state index >= 15 is 0 Å². The molecule has 0 heterocycles. The summed E-state index contributed by atoms with van der Waals surface area (Å²) in [6, 6.07) is 8.58. The van der Waals surface area contributed by atoms with Crippen molar-refractivity contribution in [1.29, 1.82) is 0 Å². The second kappa shape index (κ2) is 8.23. The monoisotopic (exact) mass is 281 g/mol. The molecule has 0 aromatic heterocycles. The second-order valence-electron chi connectivity index (χ2n) is 4.74. The van der Waals surface area contributed by atoms with E-state index in [1.165, 1.54) is 12.7 Å². The van der Waals surface area contributed by atoms with E-state index in [1.807, 2.05) is 30.0 Å². The summed E-state index contributed by atoms with van der Waals surface area (Å²) in [5.74, 6) is 0.919. The first-order valence-corrected chi connectivity index (χ1v) is 7.80. The smallest absolute Gasteiger partial charge is 0.309 e. The van der Waals surface area contributed by atoms with Crippen LogP contribution in [0.1, 0.15) is 18.1 Å². The van der Waals surface area contributed by atoms with E-state index in [-0.39, 0.29) is 5.97 Å². The van der Waals surface area contributed by atoms with E-state index in [0.29, 0.717) is 12.5 Å². The first kappa shape index (κ1) is 16.1. The molecule has 0 saturated carbocycles. The Morgan fingerprint density at radius 1 is 1.37 bits per heavy atom. The highest BCUT2D eigenvalue weighted by Crippen LogP contribution is 2.15. The van der Waals surface area contributed by atoms with Crippen LogP contribution < -0.4 is 0 Å². The first-order chi connectivity index (χ1) is 9.08. The van der Waals surface area contributed by atoms with Crippen LogP contribution in [-0.2, 0) is 22.5 Å². The maximum atomic E-state index is 11.4. The fourth-order valence-electron chi connectivity index (χ4n) is 1.90. The van der Waals surface area contributed by atoms with Crippen LogP contribution in [0.5, 0.6) is 0 Å². The normalized spacial score (nSPS) is 12.5. The van der Waals surface area contributed by atoms with Crippen LogP contribution >= 0.6 is 11.8 Å². The third kappa shape index (κ3) is 5.25. The number of ether oxygens (including phenoxy) is 1. The zero-order valence-electron chi connectivity index (χ0n) is 12.2. The molecule has 0 saturated heterocycles. The maximum Gasteiger partial charge on any atom is 0.309 e. The molecule has 1 atom stereocenters. The highest BCUT2D eigenvalue weighted by molar-refractivity contribution is 7.98. The summed E-state index contributed by atoms with van der Waals surface area (Å²) in [4.78, 5) is 13.7. The summed E-state index contributed by atoms with van der Waals surface area (Å²) in [5, 5.41) is 0. The minimum absolute atomic E-state index is 0.188. The molecular formula is C15H23NO2S. The topological polar surface area (TPSA) is 29.5 Å². The van der Waals surface area contributed by atoms with Gasteiger partial charge in [-0.25, -0.2) is 0 Å². The lowest BCUT2D eigenvalue weighted by atomic mass is 10.0. The van der Waals surface area contributed by atoms with E-state index in [1.54, 1.807) is 0 Å². The Balaban J connectivity index is 2.74. The van der Waals surface area contributed by atoms with Gasteiger partial charge in [0.1, 0.15) is 0 Å². The number of carbonyl (C=O) groups excluding carboxylic acids is 1. The summed E-state index contributed by atoms with van der Waals surface area (Å²) in [5.41, 5.74) is 2.25. The Kier molecular flexibility index (Phi) is 6.95. The third-order valence-electron chi connectivity index (χ3n) is 3.26. The average Bonchev–Trinajstić information content (AvgIpc) is 2.41. The van der Waals surface area contributed by atoms with Gasteiger partial charge in [-0.1, -0.05) is 24.3 Å². The Morgan fingerprint density at radius 2 is 2.00 bits per heavy atom. The van der Waals surface area contributed by atoms with Gasteiger partial charge in [-0.2, -0.15) is 11.8 Å². The third-order valence-corrected chi connectivity index (χ3v) is 4.08. The van der Waals surface area contributed by atoms with Crippen LogP contribution in [-0.4, -0.2) is 43.1 Å². The minimum atomic E-state index is -0.188. The van der Waals surface area contributed by atoms with Gasteiger partial charge in [-0.15, -0.1) is 0 Å². The van der Waals surface area contributed by atoms with Crippen molar-refractivity contribution in [2.75, 3.05) is 26.2 Å². The number of rotatable bonds is 7. The molecule has 0 amide bonds. The Bertz CT molecular complexity index is 409. The summed E-state index contributed by atoms with van der Waals surface area (Å²) >= 11 is 1.85. The molecular weight excluding hydrogens is 258 g/mol. The number of benzene rings is 1. The van der Waals surface area contributed by atoms with E-state index < -0.39 is 0 Å². The fraction of sp³-hybridized carbons (Fsp3) is 0.533. The van der Waals surface area contributed by atoms with Crippen LogP contribution in [0.3, 0.4) is 0 Å². The molecule has 0 radical (unpaired) electrons. The second-order valence-corrected chi connectivity index (χ2v) is 5.65. The number of nitrogens with zero attached hydrogens (tertiary/aromatic N) is 1. The number of hydrogen-bond acceptors (Lipinski definition) is 4. The molecule has 0 aliphatic heterocycles. The highest BCUT2D eigenvalue weighted by atomic mass is 32.2. The van der Waals surface area contributed by atoms with Crippen LogP contribution in [0.2, 0.25) is 0 Å². The van der Waals surface area contributed by atoms with Crippen LogP contribution in [0.15, 0.2) is 24.3 Å². The predicted octanol–water partition coefficient (Wildman–Crippen LogP) is 2.59. The summed E-state index contributed by atoms with van der Waals surface area (Å²) in [7, 11) is 3.55. The van der Waals surface area contributed by atoms with Crippen LogP contribution in [0.4, 0.5) is 0 Å². The first-order valence-electron chi connectivity index (χ1n) is 6.41. The van der Waals surface area contributed by atoms with E-state index in [9.17, 15) is 4.79 Å². The van der Waals surface area contributed by atoms with E-state index in [0.717, 1.165) is 17.9 Å². The van der Waals surface area contributed by atoms with Crippen molar-refractivity contribution in [3.63, 3.8) is 0 Å². The number of thioether (sulfide) groups is 1. The van der Waals surface area contributed by atoms with Gasteiger partial charge in [0, 0.05) is 18.3 Å². The molecule has 0 fully saturated rings. The van der Waals surface area contributed by atoms with Crippen molar-refractivity contribution in [3.8, 4) is 0 Å². The maximum absolute atomic E-state index is 11.4. The SMILES string of the molecule is COC(=O)Cc1ccccc1CN(C)C(C)CSC. The number of esters is 1. The summed E-state index contributed by atoms with van der Waals surface area (Å²) in [6.45, 7) is 3.08. The molecule has 106 valence electrons. The Hall–Kier alpha value is -1.00. The Labute approximate surface area is 120 Å². The lowest BCUT2D eigenvalue weighted by molar-refractivity contribution is -0.139. The average molecular weight is 281 g/mol. The number of hydrogen-bond donors (Lipinski definition) is 0. The largest absolute Gasteiger partial charge is 0.469 e. The zero-order valence-corrected chi connectivity index (χ0v) is 13.0. The molecule has 0 N–H and O–H groups in total. The number of methoxy groups -OCH3 is 1. The van der Waals surface area contributed by atoms with Gasteiger partial charge in [0.25, 0.3) is 0 Å². The van der Waals surface area contributed by atoms with Gasteiger partial charge < -0.3 is 4.74 Å². The van der Waals surface area contributed by atoms with Crippen molar-refractivity contribution >= 4 is 17.7 Å². The van der Waals surface area contributed by atoms with Gasteiger partial charge in [-0.3, -0.25) is 9.69 Å². The molecule has 3 nitrogen and oxygen atoms in total. The molecule has 0 aliphatic rings. The Morgan fingerprint density at radius 3 is 2.58 bits per heavy atom. The fourth-order valence-corrected chi connectivity index (χ4v) is 2.64. The van der Waals surface area contributed by atoms with Gasteiger partial charge in [-0.05, 0) is 31.4 Å². The zero-order chi connectivity index (χ0) is 14.3. The van der Waals surface area contributed by atoms with Crippen molar-refractivity contribution in [3.05, 3.63) is 35.4 Å². The van der Waals surface area contributed by atoms with Gasteiger partial charge >= 0.3 is 5.97 Å². The highest BCUT2D eigenvalue weighted by Gasteiger charge is 2.12. The molecule has 1 rings (SSSR count). The van der Waals surface area contributed by atoms with Crippen molar-refractivity contribution in [2.24, 2.45) is 0 Å². The summed E-state index contributed by atoms with van der Waals surface area (Å²) < 4.78 is 4.74. The molecule has 1 aromatic rings. The van der Waals surface area contributed by atoms with E-state index in [4.69, 9.17) is 4.74 Å². The van der Waals surface area contributed by atoms with E-state index in [2.05, 4.69) is 31.2 Å². The van der Waals surface area contributed by atoms with Crippen molar-refractivity contribution in [1.82, 2.24) is 4.90 Å². The van der Waals surface area contributed by atoms with Gasteiger partial charge in [0.05, 0.1) is 13.5 Å². The standard InChI is InChI=1S/C15H23NO2S/c1-12(11-19-4)16(2)10-14-8-6-5-7-13(14)9-15(17)18-3/h5-8,12H,9-11H2,1-4H3. The van der Waals surface area contributed by atoms with Gasteiger partial charge in [0.2, 0.25) is 0 Å². The van der Waals surface area contributed by atoms with Gasteiger partial charge in [0.15, 0.2) is 0 Å². The quantitative estimate of drug-likeness (QED) is 0.719. The molecule has 0 aliphatic carbocycles. The molecule has 0 spiro atoms. The number of carbonyl (C=O) groups is 1. The van der Waals surface area contributed by atoms with Crippen molar-refractivity contribution < 1.29 is 9.53 Å². The molecule has 1 unspecified atom stereocenters. The van der Waals surface area contributed by atoms with Crippen molar-refractivity contribution in [2.45, 2.75) is 25.9 Å². The molecule has 4 heteroatoms. The molecule has 1 aromatic carbocycles. The lowest BCUT2D eigenvalue weighted by Crippen LogP contribution is -2.30. The van der Waals surface area contributed by atoms with Crippen LogP contribution in [0, 0.1) is 0 Å². The van der Waals surface area contributed by atoms with Crippen LogP contribution in [0.25, 0.3) is 0 Å². The summed E-state index contributed by atoms with van der Waals surface area (Å²) in [6.07, 6.45) is 2.47. The minimum Gasteiger partial charge on any atom is -0.469 e. The predicted molar refractivity (Wildman–Crippen MR) is 81.5 cm³/mol. The molecule has 0 bridgehead atoms. The lowest BCUT2D eigenvalue weighted by Gasteiger charge is -2.25. The molecule has 19 heavy (non-hydrogen) atoms.